The van der Waals surface area contributed by atoms with Crippen LogP contribution in [0.2, 0.25) is 0 Å². The Morgan fingerprint density at radius 2 is 1.67 bits per heavy atom. The van der Waals surface area contributed by atoms with E-state index in [1.54, 1.807) is 0 Å². The fourth-order valence-electron chi connectivity index (χ4n) is 2.49. The molecule has 1 aliphatic heterocycles. The van der Waals surface area contributed by atoms with E-state index in [-0.39, 0.29) is 18.0 Å². The van der Waals surface area contributed by atoms with Crippen LogP contribution in [0.1, 0.15) is 16.7 Å². The number of hydrogen-bond acceptors (Lipinski definition) is 1. The number of halogens is 3. The average Bonchev–Trinajstić information content (AvgIpc) is 2.46. The van der Waals surface area contributed by atoms with Gasteiger partial charge in [0.2, 0.25) is 5.91 Å². The number of nitrogens with zero attached hydrogens (tertiary/aromatic N) is 1. The summed E-state index contributed by atoms with van der Waals surface area (Å²) in [4.78, 5) is 13.6. The molecule has 3 rings (SSSR count). The topological polar surface area (TPSA) is 20.3 Å². The number of amides is 1. The van der Waals surface area contributed by atoms with Gasteiger partial charge in [-0.15, -0.1) is 0 Å². The first-order chi connectivity index (χ1) is 9.95. The van der Waals surface area contributed by atoms with Crippen molar-refractivity contribution in [1.29, 1.82) is 0 Å². The third kappa shape index (κ3) is 2.63. The van der Waals surface area contributed by atoms with Crippen molar-refractivity contribution >= 4 is 11.6 Å². The van der Waals surface area contributed by atoms with E-state index in [1.165, 1.54) is 17.0 Å². The molecule has 21 heavy (non-hydrogen) atoms. The summed E-state index contributed by atoms with van der Waals surface area (Å²) in [6, 6.07) is 12.4. The van der Waals surface area contributed by atoms with Crippen LogP contribution < -0.4 is 4.90 Å². The summed E-state index contributed by atoms with van der Waals surface area (Å²) in [5.41, 5.74) is 1.44. The van der Waals surface area contributed by atoms with Crippen molar-refractivity contribution in [3.63, 3.8) is 0 Å². The van der Waals surface area contributed by atoms with Crippen LogP contribution in [0.15, 0.2) is 48.5 Å². The smallest absolute Gasteiger partial charge is 0.308 e. The zero-order valence-electron chi connectivity index (χ0n) is 11.0. The number of alkyl halides is 3. The van der Waals surface area contributed by atoms with Gasteiger partial charge in [0.25, 0.3) is 0 Å². The van der Waals surface area contributed by atoms with Gasteiger partial charge in [-0.2, -0.15) is 13.2 Å². The molecule has 0 aliphatic carbocycles. The number of anilines is 1. The van der Waals surface area contributed by atoms with Gasteiger partial charge in [-0.1, -0.05) is 30.3 Å². The Morgan fingerprint density at radius 1 is 0.952 bits per heavy atom. The highest BCUT2D eigenvalue weighted by Gasteiger charge is 2.32. The van der Waals surface area contributed by atoms with Gasteiger partial charge in [0.05, 0.1) is 18.5 Å². The zero-order valence-corrected chi connectivity index (χ0v) is 11.0. The maximum absolute atomic E-state index is 12.8. The molecule has 0 saturated heterocycles. The highest BCUT2D eigenvalue weighted by Crippen LogP contribution is 2.33. The zero-order chi connectivity index (χ0) is 15.0. The van der Waals surface area contributed by atoms with Crippen LogP contribution >= 0.6 is 0 Å². The maximum Gasteiger partial charge on any atom is 0.416 e. The third-order valence-electron chi connectivity index (χ3n) is 3.57. The van der Waals surface area contributed by atoms with Crippen LogP contribution in [0.3, 0.4) is 0 Å². The Kier molecular flexibility index (Phi) is 3.20. The number of rotatable bonds is 1. The molecular formula is C16H12F3NO. The van der Waals surface area contributed by atoms with Gasteiger partial charge in [0.1, 0.15) is 0 Å². The standard InChI is InChI=1S/C16H12F3NO/c17-16(18,19)13-6-3-7-14(9-13)20-10-12-5-2-1-4-11(12)8-15(20)21/h1-7,9H,8,10H2. The van der Waals surface area contributed by atoms with Gasteiger partial charge in [0, 0.05) is 5.69 Å². The Bertz CT molecular complexity index is 694. The molecule has 2 nitrogen and oxygen atoms in total. The molecule has 0 aromatic heterocycles. The van der Waals surface area contributed by atoms with E-state index in [0.29, 0.717) is 6.54 Å². The SMILES string of the molecule is O=C1Cc2ccccc2CN1c1cccc(C(F)(F)F)c1. The molecule has 0 saturated carbocycles. The van der Waals surface area contributed by atoms with Gasteiger partial charge in [-0.3, -0.25) is 4.79 Å². The van der Waals surface area contributed by atoms with Crippen LogP contribution in [0.4, 0.5) is 18.9 Å². The highest BCUT2D eigenvalue weighted by atomic mass is 19.4. The van der Waals surface area contributed by atoms with E-state index in [2.05, 4.69) is 0 Å². The predicted molar refractivity (Wildman–Crippen MR) is 72.8 cm³/mol. The minimum absolute atomic E-state index is 0.187. The summed E-state index contributed by atoms with van der Waals surface area (Å²) in [6.07, 6.45) is -4.20. The van der Waals surface area contributed by atoms with E-state index in [4.69, 9.17) is 0 Å². The van der Waals surface area contributed by atoms with Crippen molar-refractivity contribution in [3.05, 3.63) is 65.2 Å². The normalized spacial score (nSPS) is 15.0. The predicted octanol–water partition coefficient (Wildman–Crippen LogP) is 3.79. The molecule has 0 bridgehead atoms. The molecule has 1 aliphatic rings. The molecule has 1 amide bonds. The number of benzene rings is 2. The van der Waals surface area contributed by atoms with Gasteiger partial charge >= 0.3 is 6.18 Å². The van der Waals surface area contributed by atoms with Crippen molar-refractivity contribution in [2.75, 3.05) is 4.90 Å². The lowest BCUT2D eigenvalue weighted by atomic mass is 9.98. The molecule has 0 unspecified atom stereocenters. The van der Waals surface area contributed by atoms with Gasteiger partial charge < -0.3 is 4.90 Å². The first-order valence-electron chi connectivity index (χ1n) is 6.49. The molecule has 0 atom stereocenters. The number of carbonyl (C=O) groups is 1. The Labute approximate surface area is 119 Å². The molecule has 0 fully saturated rings. The van der Waals surface area contributed by atoms with E-state index in [1.807, 2.05) is 24.3 Å². The van der Waals surface area contributed by atoms with Crippen LogP contribution in [0.5, 0.6) is 0 Å². The van der Waals surface area contributed by atoms with Crippen molar-refractivity contribution in [1.82, 2.24) is 0 Å². The first kappa shape index (κ1) is 13.7. The minimum Gasteiger partial charge on any atom is -0.308 e. The first-order valence-corrected chi connectivity index (χ1v) is 6.49. The van der Waals surface area contributed by atoms with E-state index in [9.17, 15) is 18.0 Å². The molecule has 0 spiro atoms. The van der Waals surface area contributed by atoms with Gasteiger partial charge in [-0.25, -0.2) is 0 Å². The lowest BCUT2D eigenvalue weighted by Crippen LogP contribution is -2.36. The quantitative estimate of drug-likeness (QED) is 0.782. The van der Waals surface area contributed by atoms with Crippen molar-refractivity contribution in [3.8, 4) is 0 Å². The van der Waals surface area contributed by atoms with Crippen LogP contribution in [-0.2, 0) is 23.9 Å². The Morgan fingerprint density at radius 3 is 2.38 bits per heavy atom. The van der Waals surface area contributed by atoms with E-state index >= 15 is 0 Å². The van der Waals surface area contributed by atoms with Crippen molar-refractivity contribution in [2.45, 2.75) is 19.1 Å². The van der Waals surface area contributed by atoms with E-state index < -0.39 is 11.7 Å². The summed E-state index contributed by atoms with van der Waals surface area (Å²) in [5, 5.41) is 0. The largest absolute Gasteiger partial charge is 0.416 e. The number of fused-ring (bicyclic) bond motifs is 1. The van der Waals surface area contributed by atoms with Crippen LogP contribution in [0, 0.1) is 0 Å². The molecule has 108 valence electrons. The highest BCUT2D eigenvalue weighted by molar-refractivity contribution is 5.96. The maximum atomic E-state index is 12.8. The third-order valence-corrected chi connectivity index (χ3v) is 3.57. The second-order valence-corrected chi connectivity index (χ2v) is 4.97. The average molecular weight is 291 g/mol. The van der Waals surface area contributed by atoms with Gasteiger partial charge in [-0.05, 0) is 29.3 Å². The molecule has 0 radical (unpaired) electrons. The monoisotopic (exact) mass is 291 g/mol. The second kappa shape index (κ2) is 4.91. The summed E-state index contributed by atoms with van der Waals surface area (Å²) in [7, 11) is 0. The fourth-order valence-corrected chi connectivity index (χ4v) is 2.49. The minimum atomic E-state index is -4.41. The van der Waals surface area contributed by atoms with E-state index in [0.717, 1.165) is 23.3 Å². The number of carbonyl (C=O) groups excluding carboxylic acids is 1. The molecule has 1 heterocycles. The Hall–Kier alpha value is -2.30. The molecular weight excluding hydrogens is 279 g/mol. The molecule has 2 aromatic carbocycles. The molecule has 5 heteroatoms. The number of hydrogen-bond donors (Lipinski definition) is 0. The summed E-state index contributed by atoms with van der Waals surface area (Å²) in [6.45, 7) is 0.302. The lowest BCUT2D eigenvalue weighted by molar-refractivity contribution is -0.137. The fraction of sp³-hybridized carbons (Fsp3) is 0.188. The summed E-state index contributed by atoms with van der Waals surface area (Å²) < 4.78 is 38.3. The molecule has 2 aromatic rings. The lowest BCUT2D eigenvalue weighted by Gasteiger charge is -2.29. The van der Waals surface area contributed by atoms with Crippen molar-refractivity contribution < 1.29 is 18.0 Å². The van der Waals surface area contributed by atoms with Gasteiger partial charge in [0.15, 0.2) is 0 Å². The van der Waals surface area contributed by atoms with Crippen LogP contribution in [-0.4, -0.2) is 5.91 Å². The second-order valence-electron chi connectivity index (χ2n) is 4.97. The summed E-state index contributed by atoms with van der Waals surface area (Å²) >= 11 is 0. The Balaban J connectivity index is 1.96. The van der Waals surface area contributed by atoms with Crippen LogP contribution in [0.25, 0.3) is 0 Å². The molecule has 0 N–H and O–H groups in total. The van der Waals surface area contributed by atoms with Crippen molar-refractivity contribution in [2.24, 2.45) is 0 Å². The summed E-state index contributed by atoms with van der Waals surface area (Å²) in [5.74, 6) is -0.187.